The SMILES string of the molecule is CC.CPc1cccc(O)c1C. The van der Waals surface area contributed by atoms with Crippen molar-refractivity contribution < 1.29 is 5.11 Å². The first-order valence-electron chi connectivity index (χ1n) is 4.22. The Morgan fingerprint density at radius 3 is 2.25 bits per heavy atom. The second-order valence-electron chi connectivity index (χ2n) is 2.20. The zero-order chi connectivity index (χ0) is 9.56. The molecule has 0 fully saturated rings. The molecule has 1 nitrogen and oxygen atoms in total. The summed E-state index contributed by atoms with van der Waals surface area (Å²) in [5, 5.41) is 10.5. The summed E-state index contributed by atoms with van der Waals surface area (Å²) in [6.07, 6.45) is 0. The summed E-state index contributed by atoms with van der Waals surface area (Å²) < 4.78 is 0. The van der Waals surface area contributed by atoms with E-state index >= 15 is 0 Å². The van der Waals surface area contributed by atoms with Crippen molar-refractivity contribution in [3.63, 3.8) is 0 Å². The molecule has 1 N–H and O–H groups in total. The van der Waals surface area contributed by atoms with Gasteiger partial charge in [-0.05, 0) is 30.5 Å². The molecule has 0 aliphatic rings. The summed E-state index contributed by atoms with van der Waals surface area (Å²) in [7, 11) is 0.765. The van der Waals surface area contributed by atoms with E-state index in [0.29, 0.717) is 5.75 Å². The third kappa shape index (κ3) is 2.83. The molecule has 0 aliphatic carbocycles. The van der Waals surface area contributed by atoms with Crippen LogP contribution in [-0.2, 0) is 0 Å². The van der Waals surface area contributed by atoms with Gasteiger partial charge in [-0.2, -0.15) is 0 Å². The fourth-order valence-electron chi connectivity index (χ4n) is 0.894. The molecule has 12 heavy (non-hydrogen) atoms. The second kappa shape index (κ2) is 6.02. The molecule has 0 aromatic heterocycles. The molecule has 0 heterocycles. The Morgan fingerprint density at radius 2 is 1.83 bits per heavy atom. The van der Waals surface area contributed by atoms with Crippen molar-refractivity contribution in [3.8, 4) is 5.75 Å². The predicted octanol–water partition coefficient (Wildman–Crippen LogP) is 2.66. The number of aromatic hydroxyl groups is 1. The van der Waals surface area contributed by atoms with E-state index in [-0.39, 0.29) is 0 Å². The normalized spacial score (nSPS) is 9.67. The molecule has 0 bridgehead atoms. The Kier molecular flexibility index (Phi) is 5.74. The van der Waals surface area contributed by atoms with Crippen molar-refractivity contribution in [1.29, 1.82) is 0 Å². The third-order valence-corrected chi connectivity index (χ3v) is 2.65. The van der Waals surface area contributed by atoms with E-state index in [1.165, 1.54) is 5.30 Å². The van der Waals surface area contributed by atoms with Crippen LogP contribution in [0.15, 0.2) is 18.2 Å². The van der Waals surface area contributed by atoms with Crippen LogP contribution in [0.1, 0.15) is 19.4 Å². The maximum atomic E-state index is 9.24. The first kappa shape index (κ1) is 11.4. The maximum absolute atomic E-state index is 9.24. The molecule has 1 atom stereocenters. The van der Waals surface area contributed by atoms with Gasteiger partial charge in [0.05, 0.1) is 0 Å². The van der Waals surface area contributed by atoms with Crippen molar-refractivity contribution in [2.45, 2.75) is 20.8 Å². The summed E-state index contributed by atoms with van der Waals surface area (Å²) in [6, 6.07) is 5.65. The van der Waals surface area contributed by atoms with Crippen LogP contribution in [0.25, 0.3) is 0 Å². The molecule has 2 heteroatoms. The lowest BCUT2D eigenvalue weighted by molar-refractivity contribution is 0.472. The smallest absolute Gasteiger partial charge is 0.119 e. The highest BCUT2D eigenvalue weighted by molar-refractivity contribution is 7.46. The molecular formula is C10H17OP. The van der Waals surface area contributed by atoms with Gasteiger partial charge in [0.25, 0.3) is 0 Å². The second-order valence-corrected chi connectivity index (χ2v) is 3.24. The highest BCUT2D eigenvalue weighted by atomic mass is 31.1. The molecule has 0 radical (unpaired) electrons. The lowest BCUT2D eigenvalue weighted by Crippen LogP contribution is -1.97. The molecule has 1 aromatic rings. The fraction of sp³-hybridized carbons (Fsp3) is 0.400. The van der Waals surface area contributed by atoms with Crippen LogP contribution >= 0.6 is 8.58 Å². The summed E-state index contributed by atoms with van der Waals surface area (Å²) in [4.78, 5) is 0. The topological polar surface area (TPSA) is 20.2 Å². The molecule has 0 amide bonds. The first-order chi connectivity index (χ1) is 5.75. The van der Waals surface area contributed by atoms with E-state index in [4.69, 9.17) is 0 Å². The number of hydrogen-bond acceptors (Lipinski definition) is 1. The average molecular weight is 184 g/mol. The van der Waals surface area contributed by atoms with E-state index in [1.807, 2.05) is 32.9 Å². The van der Waals surface area contributed by atoms with Gasteiger partial charge in [0, 0.05) is 0 Å². The minimum Gasteiger partial charge on any atom is -0.508 e. The van der Waals surface area contributed by atoms with Gasteiger partial charge in [-0.1, -0.05) is 34.6 Å². The van der Waals surface area contributed by atoms with Crippen molar-refractivity contribution in [1.82, 2.24) is 0 Å². The van der Waals surface area contributed by atoms with E-state index in [0.717, 1.165) is 14.1 Å². The summed E-state index contributed by atoms with van der Waals surface area (Å²) in [5.74, 6) is 0.409. The molecule has 1 unspecified atom stereocenters. The van der Waals surface area contributed by atoms with Crippen LogP contribution in [0.5, 0.6) is 5.75 Å². The zero-order valence-electron chi connectivity index (χ0n) is 8.18. The van der Waals surface area contributed by atoms with Crippen molar-refractivity contribution >= 4 is 13.9 Å². The summed E-state index contributed by atoms with van der Waals surface area (Å²) >= 11 is 0. The predicted molar refractivity (Wildman–Crippen MR) is 58.1 cm³/mol. The van der Waals surface area contributed by atoms with Crippen molar-refractivity contribution in [3.05, 3.63) is 23.8 Å². The quantitative estimate of drug-likeness (QED) is 0.665. The molecular weight excluding hydrogens is 167 g/mol. The fourth-order valence-corrected chi connectivity index (χ4v) is 1.66. The third-order valence-electron chi connectivity index (χ3n) is 1.57. The Labute approximate surface area is 76.6 Å². The van der Waals surface area contributed by atoms with E-state index in [9.17, 15) is 5.11 Å². The Morgan fingerprint density at radius 1 is 1.25 bits per heavy atom. The molecule has 0 aliphatic heterocycles. The first-order valence-corrected chi connectivity index (χ1v) is 5.72. The maximum Gasteiger partial charge on any atom is 0.119 e. The Bertz CT molecular complexity index is 233. The monoisotopic (exact) mass is 184 g/mol. The van der Waals surface area contributed by atoms with Gasteiger partial charge in [-0.15, -0.1) is 0 Å². The standard InChI is InChI=1S/C8H11OP.C2H6/c1-6-7(9)4-3-5-8(6)10-2;1-2/h3-5,9-10H,1-2H3;1-2H3. The zero-order valence-corrected chi connectivity index (χ0v) is 9.18. The highest BCUT2D eigenvalue weighted by Gasteiger charge is 1.98. The number of rotatable bonds is 1. The van der Waals surface area contributed by atoms with E-state index < -0.39 is 0 Å². The van der Waals surface area contributed by atoms with Crippen LogP contribution in [0, 0.1) is 6.92 Å². The van der Waals surface area contributed by atoms with Crippen molar-refractivity contribution in [2.75, 3.05) is 6.66 Å². The number of phenolic OH excluding ortho intramolecular Hbond substituents is 1. The number of phenols is 1. The van der Waals surface area contributed by atoms with E-state index in [2.05, 4.69) is 6.66 Å². The van der Waals surface area contributed by atoms with E-state index in [1.54, 1.807) is 6.07 Å². The summed E-state index contributed by atoms with van der Waals surface area (Å²) in [6.45, 7) is 8.06. The summed E-state index contributed by atoms with van der Waals surface area (Å²) in [5.41, 5.74) is 1.02. The Hall–Kier alpha value is -0.550. The van der Waals surface area contributed by atoms with Gasteiger partial charge in [-0.3, -0.25) is 0 Å². The van der Waals surface area contributed by atoms with Gasteiger partial charge < -0.3 is 5.11 Å². The van der Waals surface area contributed by atoms with Crippen molar-refractivity contribution in [2.24, 2.45) is 0 Å². The Balaban J connectivity index is 0.000000561. The lowest BCUT2D eigenvalue weighted by Gasteiger charge is -2.02. The molecule has 0 saturated heterocycles. The molecule has 0 spiro atoms. The van der Waals surface area contributed by atoms with Gasteiger partial charge in [-0.25, -0.2) is 0 Å². The van der Waals surface area contributed by atoms with Gasteiger partial charge in [0.15, 0.2) is 0 Å². The molecule has 1 aromatic carbocycles. The minimum absolute atomic E-state index is 0.409. The van der Waals surface area contributed by atoms with Crippen LogP contribution in [0.2, 0.25) is 0 Å². The van der Waals surface area contributed by atoms with Crippen LogP contribution < -0.4 is 5.30 Å². The van der Waals surface area contributed by atoms with Crippen LogP contribution in [-0.4, -0.2) is 11.8 Å². The molecule has 1 rings (SSSR count). The number of benzene rings is 1. The van der Waals surface area contributed by atoms with Crippen LogP contribution in [0.3, 0.4) is 0 Å². The number of hydrogen-bond donors (Lipinski definition) is 1. The average Bonchev–Trinajstić information content (AvgIpc) is 2.13. The molecule has 68 valence electrons. The van der Waals surface area contributed by atoms with Gasteiger partial charge in [0.1, 0.15) is 5.75 Å². The molecule has 0 saturated carbocycles. The van der Waals surface area contributed by atoms with Crippen LogP contribution in [0.4, 0.5) is 0 Å². The minimum atomic E-state index is 0.409. The van der Waals surface area contributed by atoms with Gasteiger partial charge >= 0.3 is 0 Å². The highest BCUT2D eigenvalue weighted by Crippen LogP contribution is 2.17. The largest absolute Gasteiger partial charge is 0.508 e. The lowest BCUT2D eigenvalue weighted by atomic mass is 10.2. The van der Waals surface area contributed by atoms with Gasteiger partial charge in [0.2, 0.25) is 0 Å².